The van der Waals surface area contributed by atoms with Crippen LogP contribution in [0.3, 0.4) is 0 Å². The van der Waals surface area contributed by atoms with Crippen molar-refractivity contribution in [3.8, 4) is 0 Å². The third kappa shape index (κ3) is 43.1. The van der Waals surface area contributed by atoms with Crippen LogP contribution in [0.1, 0.15) is 266 Å². The molecule has 0 amide bonds. The highest BCUT2D eigenvalue weighted by Gasteiger charge is 2.32. The highest BCUT2D eigenvalue weighted by Crippen LogP contribution is 2.22. The second-order valence-corrected chi connectivity index (χ2v) is 22.8. The first-order valence-electron chi connectivity index (χ1n) is 29.0. The van der Waals surface area contributed by atoms with Crippen molar-refractivity contribution in [2.45, 2.75) is 290 Å². The first kappa shape index (κ1) is 67.5. The first-order chi connectivity index (χ1) is 33.0. The van der Waals surface area contributed by atoms with Gasteiger partial charge in [0.15, 0.2) is 5.92 Å². The number of unbranched alkanes of at least 4 members (excludes halogenated alkanes) is 28. The molecule has 68 heavy (non-hydrogen) atoms. The Morgan fingerprint density at radius 3 is 0.765 bits per heavy atom. The van der Waals surface area contributed by atoms with Crippen molar-refractivity contribution in [2.24, 2.45) is 5.92 Å². The van der Waals surface area contributed by atoms with Crippen LogP contribution in [0.4, 0.5) is 0 Å². The lowest BCUT2D eigenvalue weighted by Gasteiger charge is -2.27. The average molecular weight is 1000 g/mol. The molecule has 11 heteroatoms. The van der Waals surface area contributed by atoms with E-state index in [9.17, 15) is 34.8 Å². The smallest absolute Gasteiger partial charge is 0.207 e. The highest BCUT2D eigenvalue weighted by molar-refractivity contribution is 8.15. The van der Waals surface area contributed by atoms with Crippen LogP contribution in [0.15, 0.2) is 0 Å². The molecule has 0 aromatic rings. The third-order valence-electron chi connectivity index (χ3n) is 13.6. The summed E-state index contributed by atoms with van der Waals surface area (Å²) in [6, 6.07) is 0. The van der Waals surface area contributed by atoms with Gasteiger partial charge in [-0.3, -0.25) is 24.2 Å². The lowest BCUT2D eigenvalue weighted by molar-refractivity contribution is -0.132. The molecule has 4 atom stereocenters. The van der Waals surface area contributed by atoms with Gasteiger partial charge < -0.3 is 20.4 Å². The molecule has 0 saturated carbocycles. The van der Waals surface area contributed by atoms with E-state index in [-0.39, 0.29) is 0 Å². The number of ketones is 1. The van der Waals surface area contributed by atoms with Gasteiger partial charge >= 0.3 is 0 Å². The van der Waals surface area contributed by atoms with E-state index in [1.807, 2.05) is 0 Å². The summed E-state index contributed by atoms with van der Waals surface area (Å²) in [5.74, 6) is -1.10. The van der Waals surface area contributed by atoms with Gasteiger partial charge in [-0.2, -0.15) is 0 Å². The van der Waals surface area contributed by atoms with Gasteiger partial charge in [0.05, 0.1) is 24.4 Å². The Bertz CT molecular complexity index is 1000. The van der Waals surface area contributed by atoms with E-state index >= 15 is 0 Å². The fourth-order valence-corrected chi connectivity index (χ4v) is 11.3. The number of carbonyl (C=O) groups excluding carboxylic acids is 3. The van der Waals surface area contributed by atoms with E-state index in [0.717, 1.165) is 74.9 Å². The van der Waals surface area contributed by atoms with Crippen LogP contribution in [0, 0.1) is 5.92 Å². The summed E-state index contributed by atoms with van der Waals surface area (Å²) < 4.78 is 0. The molecule has 0 radical (unpaired) electrons. The SMILES string of the molecule is CCCCCCCCCCC(O)CN(CCSC(=O)C(C(C)=O)C(=O)SCCN(CC(O)CCCCCCCCCC)CC(O)CCCCCCCCCC)CC(O)CCCCCCCCCC. The Morgan fingerprint density at radius 2 is 0.559 bits per heavy atom. The van der Waals surface area contributed by atoms with Crippen LogP contribution >= 0.6 is 23.5 Å². The van der Waals surface area contributed by atoms with Gasteiger partial charge in [-0.05, 0) is 32.6 Å². The van der Waals surface area contributed by atoms with Gasteiger partial charge in [0.1, 0.15) is 5.78 Å². The number of hydrogen-bond acceptors (Lipinski definition) is 11. The van der Waals surface area contributed by atoms with Crippen molar-refractivity contribution in [2.75, 3.05) is 50.8 Å². The normalized spacial score (nSPS) is 14.2. The van der Waals surface area contributed by atoms with E-state index in [1.54, 1.807) is 0 Å². The second kappa shape index (κ2) is 50.0. The Balaban J connectivity index is 5.33. The minimum atomic E-state index is -1.35. The van der Waals surface area contributed by atoms with Crippen molar-refractivity contribution < 1.29 is 34.8 Å². The van der Waals surface area contributed by atoms with Crippen LogP contribution < -0.4 is 0 Å². The van der Waals surface area contributed by atoms with Crippen LogP contribution in [0.5, 0.6) is 0 Å². The number of nitrogens with zero attached hydrogens (tertiary/aromatic N) is 2. The minimum Gasteiger partial charge on any atom is -0.392 e. The molecule has 0 spiro atoms. The molecule has 4 unspecified atom stereocenters. The molecule has 0 aliphatic carbocycles. The second-order valence-electron chi connectivity index (χ2n) is 20.6. The van der Waals surface area contributed by atoms with Gasteiger partial charge in [-0.25, -0.2) is 0 Å². The largest absolute Gasteiger partial charge is 0.392 e. The molecule has 0 aliphatic rings. The summed E-state index contributed by atoms with van der Waals surface area (Å²) >= 11 is 2.00. The lowest BCUT2D eigenvalue weighted by atomic mass is 10.0. The van der Waals surface area contributed by atoms with Gasteiger partial charge in [0.2, 0.25) is 10.2 Å². The molecule has 0 aliphatic heterocycles. The number of aliphatic hydroxyl groups is 4. The van der Waals surface area contributed by atoms with E-state index < -0.39 is 46.3 Å². The Labute approximate surface area is 429 Å². The summed E-state index contributed by atoms with van der Waals surface area (Å²) in [7, 11) is 0. The van der Waals surface area contributed by atoms with Crippen molar-refractivity contribution in [1.82, 2.24) is 9.80 Å². The monoisotopic (exact) mass is 1000 g/mol. The molecule has 0 heterocycles. The average Bonchev–Trinajstić information content (AvgIpc) is 3.29. The Hall–Kier alpha value is -0.530. The maximum Gasteiger partial charge on any atom is 0.207 e. The third-order valence-corrected chi connectivity index (χ3v) is 15.4. The van der Waals surface area contributed by atoms with Gasteiger partial charge in [-0.15, -0.1) is 0 Å². The van der Waals surface area contributed by atoms with Gasteiger partial charge in [0, 0.05) is 50.8 Å². The zero-order chi connectivity index (χ0) is 50.3. The summed E-state index contributed by atoms with van der Waals surface area (Å²) in [4.78, 5) is 44.1. The fourth-order valence-electron chi connectivity index (χ4n) is 9.27. The molecule has 0 aromatic carbocycles. The number of hydrogen-bond donors (Lipinski definition) is 4. The molecule has 0 aromatic heterocycles. The maximum atomic E-state index is 13.6. The van der Waals surface area contributed by atoms with Gasteiger partial charge in [0.25, 0.3) is 0 Å². The quantitative estimate of drug-likeness (QED) is 0.0342. The van der Waals surface area contributed by atoms with Gasteiger partial charge in [-0.1, -0.05) is 257 Å². The Kier molecular flexibility index (Phi) is 49.6. The van der Waals surface area contributed by atoms with Crippen LogP contribution in [-0.4, -0.2) is 121 Å². The van der Waals surface area contributed by atoms with E-state index in [1.165, 1.54) is 161 Å². The molecule has 0 saturated heterocycles. The first-order valence-corrected chi connectivity index (χ1v) is 31.0. The molecule has 9 nitrogen and oxygen atoms in total. The fraction of sp³-hybridized carbons (Fsp3) is 0.947. The number of Topliss-reactive ketones (excluding diaryl/α,β-unsaturated/α-hetero) is 1. The number of thioether (sulfide) groups is 2. The molecular weight excluding hydrogens is 889 g/mol. The summed E-state index contributed by atoms with van der Waals surface area (Å²) in [5, 5.41) is 43.3. The van der Waals surface area contributed by atoms with Crippen molar-refractivity contribution in [3.05, 3.63) is 0 Å². The predicted octanol–water partition coefficient (Wildman–Crippen LogP) is 13.9. The minimum absolute atomic E-state index is 0.358. The zero-order valence-corrected chi connectivity index (χ0v) is 46.9. The summed E-state index contributed by atoms with van der Waals surface area (Å²) in [5.41, 5.74) is 0. The lowest BCUT2D eigenvalue weighted by Crippen LogP contribution is -2.40. The van der Waals surface area contributed by atoms with E-state index in [0.29, 0.717) is 76.5 Å². The number of aliphatic hydroxyl groups excluding tert-OH is 4. The Morgan fingerprint density at radius 1 is 0.353 bits per heavy atom. The van der Waals surface area contributed by atoms with E-state index in [4.69, 9.17) is 0 Å². The molecular formula is C57H112N2O7S2. The van der Waals surface area contributed by atoms with Crippen molar-refractivity contribution >= 4 is 39.5 Å². The predicted molar refractivity (Wildman–Crippen MR) is 295 cm³/mol. The molecule has 0 fully saturated rings. The molecule has 0 rings (SSSR count). The zero-order valence-electron chi connectivity index (χ0n) is 45.2. The van der Waals surface area contributed by atoms with E-state index in [2.05, 4.69) is 37.5 Å². The van der Waals surface area contributed by atoms with Crippen molar-refractivity contribution in [3.63, 3.8) is 0 Å². The topological polar surface area (TPSA) is 139 Å². The molecule has 4 N–H and O–H groups in total. The standard InChI is InChI=1S/C57H112N2O7S2/c1-6-10-14-18-22-26-30-34-38-51(61)46-58(47-52(62)39-35-31-27-23-19-15-11-7-2)42-44-67-56(65)55(50(5)60)57(66)68-45-43-59(48-53(63)40-36-32-28-24-20-16-12-8-3)49-54(64)41-37-33-29-25-21-17-13-9-4/h51-55,61-64H,6-49H2,1-5H3. The van der Waals surface area contributed by atoms with Crippen LogP contribution in [-0.2, 0) is 14.4 Å². The van der Waals surface area contributed by atoms with Crippen LogP contribution in [0.2, 0.25) is 0 Å². The highest BCUT2D eigenvalue weighted by atomic mass is 32.2. The maximum absolute atomic E-state index is 13.6. The van der Waals surface area contributed by atoms with Crippen LogP contribution in [0.25, 0.3) is 0 Å². The number of carbonyl (C=O) groups is 3. The molecule has 0 bridgehead atoms. The molecule has 404 valence electrons. The summed E-state index contributed by atoms with van der Waals surface area (Å²) in [6.45, 7) is 12.8. The summed E-state index contributed by atoms with van der Waals surface area (Å²) in [6.07, 6.45) is 39.2. The van der Waals surface area contributed by atoms with Crippen molar-refractivity contribution in [1.29, 1.82) is 0 Å². The number of rotatable bonds is 53.